The summed E-state index contributed by atoms with van der Waals surface area (Å²) in [6.07, 6.45) is 8.59. The van der Waals surface area contributed by atoms with Crippen LogP contribution in [0.4, 0.5) is 0 Å². The van der Waals surface area contributed by atoms with Crippen molar-refractivity contribution in [1.29, 1.82) is 0 Å². The first-order valence-corrected chi connectivity index (χ1v) is 7.71. The Hall–Kier alpha value is -2.74. The summed E-state index contributed by atoms with van der Waals surface area (Å²) < 4.78 is 8.52. The molecule has 3 aromatic rings. The Kier molecular flexibility index (Phi) is 4.57. The third kappa shape index (κ3) is 3.13. The summed E-state index contributed by atoms with van der Waals surface area (Å²) in [6, 6.07) is 0. The van der Waals surface area contributed by atoms with Crippen LogP contribution in [-0.4, -0.2) is 48.1 Å². The second kappa shape index (κ2) is 6.79. The molecule has 8 nitrogen and oxygen atoms in total. The van der Waals surface area contributed by atoms with Crippen LogP contribution in [0, 0.1) is 0 Å². The van der Waals surface area contributed by atoms with E-state index >= 15 is 0 Å². The van der Waals surface area contributed by atoms with E-state index in [1.165, 1.54) is 0 Å². The fourth-order valence-electron chi connectivity index (χ4n) is 2.48. The van der Waals surface area contributed by atoms with E-state index in [1.807, 2.05) is 20.0 Å². The number of nitrogens with zero attached hydrogens (tertiary/aromatic N) is 6. The van der Waals surface area contributed by atoms with Gasteiger partial charge in [-0.05, 0) is 5.92 Å². The molecule has 0 atom stereocenters. The number of hydrogen-bond donors (Lipinski definition) is 1. The van der Waals surface area contributed by atoms with Crippen LogP contribution < -0.4 is 0 Å². The molecule has 1 N–H and O–H groups in total. The van der Waals surface area contributed by atoms with E-state index in [0.717, 1.165) is 5.56 Å². The molecule has 0 saturated heterocycles. The van der Waals surface area contributed by atoms with Crippen molar-refractivity contribution in [1.82, 2.24) is 29.3 Å². The van der Waals surface area contributed by atoms with E-state index in [4.69, 9.17) is 4.74 Å². The Labute approximate surface area is 139 Å². The lowest BCUT2D eigenvalue weighted by atomic mass is 9.99. The molecule has 0 bridgehead atoms. The van der Waals surface area contributed by atoms with Crippen molar-refractivity contribution < 1.29 is 9.84 Å². The highest BCUT2D eigenvalue weighted by molar-refractivity contribution is 5.65. The Balaban J connectivity index is 2.08. The van der Waals surface area contributed by atoms with Crippen LogP contribution in [0.15, 0.2) is 31.1 Å². The number of hydrogen-bond acceptors (Lipinski definition) is 6. The zero-order valence-electron chi connectivity index (χ0n) is 13.9. The molecule has 8 heteroatoms. The van der Waals surface area contributed by atoms with Gasteiger partial charge in [-0.2, -0.15) is 10.1 Å². The third-order valence-corrected chi connectivity index (χ3v) is 3.66. The topological polar surface area (TPSA) is 90.9 Å². The smallest absolute Gasteiger partial charge is 0.238 e. The lowest BCUT2D eigenvalue weighted by molar-refractivity contribution is 0.183. The molecule has 0 unspecified atom stereocenters. The lowest BCUT2D eigenvalue weighted by Crippen LogP contribution is -2.06. The maximum Gasteiger partial charge on any atom is 0.238 e. The van der Waals surface area contributed by atoms with Gasteiger partial charge in [-0.1, -0.05) is 13.8 Å². The fraction of sp³-hybridized carbons (Fsp3) is 0.375. The van der Waals surface area contributed by atoms with E-state index in [1.54, 1.807) is 41.3 Å². The van der Waals surface area contributed by atoms with Gasteiger partial charge >= 0.3 is 0 Å². The summed E-state index contributed by atoms with van der Waals surface area (Å²) in [5, 5.41) is 14.7. The summed E-state index contributed by atoms with van der Waals surface area (Å²) in [6.45, 7) is 5.22. The highest BCUT2D eigenvalue weighted by atomic mass is 16.5. The quantitative estimate of drug-likeness (QED) is 0.744. The van der Waals surface area contributed by atoms with E-state index in [-0.39, 0.29) is 11.8 Å². The van der Waals surface area contributed by atoms with Gasteiger partial charge in [0.1, 0.15) is 6.33 Å². The minimum atomic E-state index is -0.0247. The van der Waals surface area contributed by atoms with Crippen LogP contribution in [0.25, 0.3) is 17.2 Å². The lowest BCUT2D eigenvalue weighted by Gasteiger charge is -2.14. The van der Waals surface area contributed by atoms with Crippen molar-refractivity contribution >= 4 is 0 Å². The molecule has 0 spiro atoms. The van der Waals surface area contributed by atoms with Crippen molar-refractivity contribution in [2.45, 2.75) is 26.3 Å². The molecular formula is C16H20N6O2. The van der Waals surface area contributed by atoms with Gasteiger partial charge < -0.3 is 9.84 Å². The highest BCUT2D eigenvalue weighted by Crippen LogP contribution is 2.33. The number of imidazole rings is 1. The van der Waals surface area contributed by atoms with Crippen molar-refractivity contribution in [2.24, 2.45) is 0 Å². The summed E-state index contributed by atoms with van der Waals surface area (Å²) in [4.78, 5) is 12.8. The SMILES string of the molecule is COCCn1cc(-c2nc(-n3ccnc3)nc(O)c2C(C)C)cn1. The predicted octanol–water partition coefficient (Wildman–Crippen LogP) is 2.00. The van der Waals surface area contributed by atoms with Gasteiger partial charge in [0.25, 0.3) is 0 Å². The Morgan fingerprint density at radius 1 is 1.29 bits per heavy atom. The molecule has 0 amide bonds. The van der Waals surface area contributed by atoms with Crippen LogP contribution in [0.1, 0.15) is 25.3 Å². The second-order valence-electron chi connectivity index (χ2n) is 5.72. The zero-order chi connectivity index (χ0) is 17.1. The Bertz CT molecular complexity index is 810. The van der Waals surface area contributed by atoms with Crippen molar-refractivity contribution in [2.75, 3.05) is 13.7 Å². The first-order chi connectivity index (χ1) is 11.6. The van der Waals surface area contributed by atoms with Crippen LogP contribution in [0.3, 0.4) is 0 Å². The molecule has 0 saturated carbocycles. The molecule has 126 valence electrons. The van der Waals surface area contributed by atoms with Crippen LogP contribution >= 0.6 is 0 Å². The van der Waals surface area contributed by atoms with Gasteiger partial charge in [0.15, 0.2) is 0 Å². The molecule has 0 aliphatic rings. The Morgan fingerprint density at radius 2 is 2.12 bits per heavy atom. The first kappa shape index (κ1) is 16.1. The van der Waals surface area contributed by atoms with E-state index < -0.39 is 0 Å². The summed E-state index contributed by atoms with van der Waals surface area (Å²) in [5.74, 6) is 0.413. The monoisotopic (exact) mass is 328 g/mol. The average Bonchev–Trinajstić information content (AvgIpc) is 3.23. The second-order valence-corrected chi connectivity index (χ2v) is 5.72. The summed E-state index contributed by atoms with van der Waals surface area (Å²) >= 11 is 0. The average molecular weight is 328 g/mol. The maximum absolute atomic E-state index is 10.4. The minimum absolute atomic E-state index is 0.0247. The number of aromatic hydroxyl groups is 1. The van der Waals surface area contributed by atoms with E-state index in [9.17, 15) is 5.11 Å². The normalized spacial score (nSPS) is 11.3. The van der Waals surface area contributed by atoms with Gasteiger partial charge in [-0.15, -0.1) is 0 Å². The van der Waals surface area contributed by atoms with E-state index in [0.29, 0.717) is 30.4 Å². The zero-order valence-corrected chi connectivity index (χ0v) is 13.9. The predicted molar refractivity (Wildman–Crippen MR) is 88.0 cm³/mol. The van der Waals surface area contributed by atoms with Crippen molar-refractivity contribution in [3.8, 4) is 23.1 Å². The molecule has 24 heavy (non-hydrogen) atoms. The number of aromatic nitrogens is 6. The largest absolute Gasteiger partial charge is 0.493 e. The van der Waals surface area contributed by atoms with Crippen molar-refractivity contribution in [3.05, 3.63) is 36.7 Å². The summed E-state index contributed by atoms with van der Waals surface area (Å²) in [7, 11) is 1.65. The number of methoxy groups -OCH3 is 1. The Morgan fingerprint density at radius 3 is 2.79 bits per heavy atom. The molecular weight excluding hydrogens is 308 g/mol. The van der Waals surface area contributed by atoms with Gasteiger partial charge in [0, 0.05) is 36.8 Å². The fourth-order valence-corrected chi connectivity index (χ4v) is 2.48. The summed E-state index contributed by atoms with van der Waals surface area (Å²) in [5.41, 5.74) is 2.20. The minimum Gasteiger partial charge on any atom is -0.493 e. The molecule has 0 radical (unpaired) electrons. The number of rotatable bonds is 6. The molecule has 3 aromatic heterocycles. The van der Waals surface area contributed by atoms with Gasteiger partial charge in [0.2, 0.25) is 11.8 Å². The van der Waals surface area contributed by atoms with Gasteiger partial charge in [-0.3, -0.25) is 9.25 Å². The first-order valence-electron chi connectivity index (χ1n) is 7.71. The maximum atomic E-state index is 10.4. The van der Waals surface area contributed by atoms with Crippen LogP contribution in [0.2, 0.25) is 0 Å². The molecule has 0 aromatic carbocycles. The standard InChI is InChI=1S/C16H20N6O2/c1-11(2)13-14(12-8-18-22(9-12)6-7-24-3)19-16(20-15(13)23)21-5-4-17-10-21/h4-5,8-11H,6-7H2,1-3H3,(H,19,20,23). The van der Waals surface area contributed by atoms with E-state index in [2.05, 4.69) is 20.1 Å². The van der Waals surface area contributed by atoms with Crippen LogP contribution in [-0.2, 0) is 11.3 Å². The van der Waals surface area contributed by atoms with Crippen LogP contribution in [0.5, 0.6) is 5.88 Å². The highest BCUT2D eigenvalue weighted by Gasteiger charge is 2.20. The molecule has 0 aliphatic heterocycles. The van der Waals surface area contributed by atoms with Gasteiger partial charge in [-0.25, -0.2) is 9.97 Å². The molecule has 0 aliphatic carbocycles. The van der Waals surface area contributed by atoms with Crippen molar-refractivity contribution in [3.63, 3.8) is 0 Å². The third-order valence-electron chi connectivity index (χ3n) is 3.66. The van der Waals surface area contributed by atoms with Gasteiger partial charge in [0.05, 0.1) is 25.0 Å². The molecule has 0 fully saturated rings. The molecule has 3 rings (SSSR count). The molecule has 3 heterocycles. The number of ether oxygens (including phenoxy) is 1.